The molecule has 1 aromatic heterocycles. The SMILES string of the molecule is COc1ccc(-c2c(O)cc(CC(C)C)[nH]c2=O)cc1. The highest BCUT2D eigenvalue weighted by molar-refractivity contribution is 5.69. The van der Waals surface area contributed by atoms with E-state index in [2.05, 4.69) is 18.8 Å². The fourth-order valence-electron chi connectivity index (χ4n) is 2.18. The topological polar surface area (TPSA) is 62.3 Å². The van der Waals surface area contributed by atoms with Crippen LogP contribution in [-0.2, 0) is 6.42 Å². The molecule has 0 aliphatic rings. The lowest BCUT2D eigenvalue weighted by Gasteiger charge is -2.09. The van der Waals surface area contributed by atoms with Crippen LogP contribution in [0.1, 0.15) is 19.5 Å². The van der Waals surface area contributed by atoms with Gasteiger partial charge in [-0.15, -0.1) is 0 Å². The molecule has 20 heavy (non-hydrogen) atoms. The van der Waals surface area contributed by atoms with Gasteiger partial charge in [0.05, 0.1) is 12.7 Å². The van der Waals surface area contributed by atoms with Gasteiger partial charge < -0.3 is 14.8 Å². The first-order valence-corrected chi connectivity index (χ1v) is 6.61. The molecular formula is C16H19NO3. The monoisotopic (exact) mass is 273 g/mol. The highest BCUT2D eigenvalue weighted by Gasteiger charge is 2.12. The van der Waals surface area contributed by atoms with Crippen LogP contribution in [0.25, 0.3) is 11.1 Å². The Morgan fingerprint density at radius 1 is 1.25 bits per heavy atom. The largest absolute Gasteiger partial charge is 0.507 e. The molecule has 2 rings (SSSR count). The van der Waals surface area contributed by atoms with E-state index >= 15 is 0 Å². The van der Waals surface area contributed by atoms with Crippen molar-refractivity contribution in [3.8, 4) is 22.6 Å². The second-order valence-electron chi connectivity index (χ2n) is 5.21. The number of methoxy groups -OCH3 is 1. The molecule has 106 valence electrons. The van der Waals surface area contributed by atoms with Gasteiger partial charge in [0.25, 0.3) is 5.56 Å². The predicted octanol–water partition coefficient (Wildman–Crippen LogP) is 2.95. The molecule has 0 aliphatic carbocycles. The van der Waals surface area contributed by atoms with E-state index in [9.17, 15) is 9.90 Å². The fourth-order valence-corrected chi connectivity index (χ4v) is 2.18. The molecule has 1 heterocycles. The third-order valence-corrected chi connectivity index (χ3v) is 3.08. The van der Waals surface area contributed by atoms with Gasteiger partial charge in [-0.3, -0.25) is 4.79 Å². The Labute approximate surface area is 118 Å². The summed E-state index contributed by atoms with van der Waals surface area (Å²) in [5.41, 5.74) is 1.44. The van der Waals surface area contributed by atoms with Gasteiger partial charge in [-0.2, -0.15) is 0 Å². The molecule has 1 aromatic carbocycles. The van der Waals surface area contributed by atoms with E-state index in [1.54, 1.807) is 37.4 Å². The van der Waals surface area contributed by atoms with Crippen molar-refractivity contribution in [3.05, 3.63) is 46.4 Å². The summed E-state index contributed by atoms with van der Waals surface area (Å²) in [4.78, 5) is 15.0. The van der Waals surface area contributed by atoms with Crippen LogP contribution in [0.15, 0.2) is 35.1 Å². The Hall–Kier alpha value is -2.23. The van der Waals surface area contributed by atoms with Gasteiger partial charge in [-0.1, -0.05) is 26.0 Å². The minimum absolute atomic E-state index is 0.00886. The quantitative estimate of drug-likeness (QED) is 0.900. The van der Waals surface area contributed by atoms with Gasteiger partial charge in [-0.05, 0) is 30.0 Å². The average Bonchev–Trinajstić information content (AvgIpc) is 2.38. The number of ether oxygens (including phenoxy) is 1. The number of aromatic nitrogens is 1. The highest BCUT2D eigenvalue weighted by atomic mass is 16.5. The molecule has 0 amide bonds. The smallest absolute Gasteiger partial charge is 0.259 e. The Bertz CT molecular complexity index is 642. The van der Waals surface area contributed by atoms with Gasteiger partial charge in [0, 0.05) is 11.8 Å². The molecule has 2 aromatic rings. The van der Waals surface area contributed by atoms with Gasteiger partial charge in [0.2, 0.25) is 0 Å². The van der Waals surface area contributed by atoms with Crippen LogP contribution in [0, 0.1) is 5.92 Å². The Kier molecular flexibility index (Phi) is 4.13. The zero-order chi connectivity index (χ0) is 14.7. The number of pyridine rings is 1. The zero-order valence-electron chi connectivity index (χ0n) is 11.9. The summed E-state index contributed by atoms with van der Waals surface area (Å²) in [6, 6.07) is 8.66. The number of aromatic hydroxyl groups is 1. The molecule has 4 nitrogen and oxygen atoms in total. The zero-order valence-corrected chi connectivity index (χ0v) is 11.9. The summed E-state index contributed by atoms with van der Waals surface area (Å²) < 4.78 is 5.08. The normalized spacial score (nSPS) is 10.8. The van der Waals surface area contributed by atoms with Crippen LogP contribution in [0.2, 0.25) is 0 Å². The van der Waals surface area contributed by atoms with Crippen LogP contribution in [0.3, 0.4) is 0 Å². The van der Waals surface area contributed by atoms with Gasteiger partial charge >= 0.3 is 0 Å². The molecule has 0 spiro atoms. The first-order valence-electron chi connectivity index (χ1n) is 6.61. The van der Waals surface area contributed by atoms with Gasteiger partial charge in [0.15, 0.2) is 0 Å². The molecule has 0 fully saturated rings. The van der Waals surface area contributed by atoms with Crippen LogP contribution in [-0.4, -0.2) is 17.2 Å². The maximum absolute atomic E-state index is 12.2. The van der Waals surface area contributed by atoms with Crippen molar-refractivity contribution >= 4 is 0 Å². The Morgan fingerprint density at radius 2 is 1.90 bits per heavy atom. The Morgan fingerprint density at radius 3 is 2.40 bits per heavy atom. The number of hydrogen-bond acceptors (Lipinski definition) is 3. The summed E-state index contributed by atoms with van der Waals surface area (Å²) >= 11 is 0. The number of rotatable bonds is 4. The van der Waals surface area contributed by atoms with Crippen molar-refractivity contribution in [3.63, 3.8) is 0 Å². The van der Waals surface area contributed by atoms with Gasteiger partial charge in [-0.25, -0.2) is 0 Å². The van der Waals surface area contributed by atoms with E-state index in [0.29, 0.717) is 22.8 Å². The average molecular weight is 273 g/mol. The molecule has 0 atom stereocenters. The van der Waals surface area contributed by atoms with Crippen molar-refractivity contribution in [2.24, 2.45) is 5.92 Å². The number of hydrogen-bond donors (Lipinski definition) is 2. The summed E-state index contributed by atoms with van der Waals surface area (Å²) in [5, 5.41) is 10.1. The lowest BCUT2D eigenvalue weighted by molar-refractivity contribution is 0.415. The molecule has 0 radical (unpaired) electrons. The summed E-state index contributed by atoms with van der Waals surface area (Å²) in [5.74, 6) is 1.13. The van der Waals surface area contributed by atoms with E-state index in [0.717, 1.165) is 12.1 Å². The second kappa shape index (κ2) is 5.82. The van der Waals surface area contributed by atoms with Gasteiger partial charge in [0.1, 0.15) is 11.5 Å². The molecule has 0 saturated heterocycles. The van der Waals surface area contributed by atoms with E-state index in [1.807, 2.05) is 0 Å². The third-order valence-electron chi connectivity index (χ3n) is 3.08. The molecule has 0 unspecified atom stereocenters. The first-order chi connectivity index (χ1) is 9.51. The highest BCUT2D eigenvalue weighted by Crippen LogP contribution is 2.27. The summed E-state index contributed by atoms with van der Waals surface area (Å²) in [6.07, 6.45) is 0.728. The lowest BCUT2D eigenvalue weighted by atomic mass is 10.0. The minimum atomic E-state index is -0.272. The standard InChI is InChI=1S/C16H19NO3/c1-10(2)8-12-9-14(18)15(16(19)17-12)11-4-6-13(20-3)7-5-11/h4-7,9-10H,8H2,1-3H3,(H2,17,18,19). The van der Waals surface area contributed by atoms with Crippen LogP contribution < -0.4 is 10.3 Å². The van der Waals surface area contributed by atoms with Crippen LogP contribution in [0.5, 0.6) is 11.5 Å². The number of H-pyrrole nitrogens is 1. The van der Waals surface area contributed by atoms with E-state index < -0.39 is 0 Å². The summed E-state index contributed by atoms with van der Waals surface area (Å²) in [7, 11) is 1.58. The van der Waals surface area contributed by atoms with Crippen molar-refractivity contribution in [1.29, 1.82) is 0 Å². The number of nitrogens with one attached hydrogen (secondary N) is 1. The molecule has 2 N–H and O–H groups in total. The molecular weight excluding hydrogens is 254 g/mol. The predicted molar refractivity (Wildman–Crippen MR) is 79.3 cm³/mol. The van der Waals surface area contributed by atoms with E-state index in [-0.39, 0.29) is 11.3 Å². The Balaban J connectivity index is 2.43. The van der Waals surface area contributed by atoms with Crippen molar-refractivity contribution in [1.82, 2.24) is 4.98 Å². The number of aromatic amines is 1. The lowest BCUT2D eigenvalue weighted by Crippen LogP contribution is -2.13. The first kappa shape index (κ1) is 14.2. The molecule has 0 aliphatic heterocycles. The van der Waals surface area contributed by atoms with E-state index in [4.69, 9.17) is 4.74 Å². The molecule has 0 saturated carbocycles. The van der Waals surface area contributed by atoms with Crippen molar-refractivity contribution < 1.29 is 9.84 Å². The van der Waals surface area contributed by atoms with Crippen LogP contribution >= 0.6 is 0 Å². The summed E-state index contributed by atoms with van der Waals surface area (Å²) in [6.45, 7) is 4.12. The van der Waals surface area contributed by atoms with Crippen molar-refractivity contribution in [2.75, 3.05) is 7.11 Å². The number of benzene rings is 1. The second-order valence-corrected chi connectivity index (χ2v) is 5.21. The molecule has 0 bridgehead atoms. The van der Waals surface area contributed by atoms with Crippen LogP contribution in [0.4, 0.5) is 0 Å². The molecule has 4 heteroatoms. The van der Waals surface area contributed by atoms with E-state index in [1.165, 1.54) is 0 Å². The van der Waals surface area contributed by atoms with Crippen molar-refractivity contribution in [2.45, 2.75) is 20.3 Å². The third kappa shape index (κ3) is 3.02. The fraction of sp³-hybridized carbons (Fsp3) is 0.312. The maximum atomic E-state index is 12.2. The maximum Gasteiger partial charge on any atom is 0.259 e. The minimum Gasteiger partial charge on any atom is -0.507 e.